The number of nitrogens with one attached hydrogen (secondary N) is 4. The van der Waals surface area contributed by atoms with Gasteiger partial charge in [0, 0.05) is 24.8 Å². The van der Waals surface area contributed by atoms with Gasteiger partial charge in [-0.2, -0.15) is 4.98 Å². The minimum Gasteiger partial charge on any atom is -0.334 e. The monoisotopic (exact) mass is 438 g/mol. The van der Waals surface area contributed by atoms with Gasteiger partial charge in [0.1, 0.15) is 5.82 Å². The van der Waals surface area contributed by atoms with Gasteiger partial charge in [-0.05, 0) is 43.6 Å². The van der Waals surface area contributed by atoms with E-state index in [0.717, 1.165) is 17.5 Å². The molecule has 0 aliphatic rings. The Labute approximate surface area is 185 Å². The van der Waals surface area contributed by atoms with E-state index in [9.17, 15) is 14.0 Å². The van der Waals surface area contributed by atoms with E-state index >= 15 is 0 Å². The molecular weight excluding hydrogens is 411 g/mol. The first kappa shape index (κ1) is 23.1. The van der Waals surface area contributed by atoms with Gasteiger partial charge in [0.05, 0.1) is 5.56 Å². The second-order valence-electron chi connectivity index (χ2n) is 7.39. The fourth-order valence-electron chi connectivity index (χ4n) is 3.02. The zero-order chi connectivity index (χ0) is 22.9. The van der Waals surface area contributed by atoms with Crippen LogP contribution in [0, 0.1) is 12.7 Å². The molecule has 0 fully saturated rings. The topological polar surface area (TPSA) is 125 Å². The number of benzene rings is 2. The number of nitrogens with two attached hydrogens (primary N) is 1. The molecule has 9 heteroatoms. The molecule has 0 atom stereocenters. The number of amides is 2. The molecule has 32 heavy (non-hydrogen) atoms. The normalized spacial score (nSPS) is 10.7. The van der Waals surface area contributed by atoms with Crippen molar-refractivity contribution in [1.82, 2.24) is 20.6 Å². The molecule has 0 spiro atoms. The zero-order valence-corrected chi connectivity index (χ0v) is 17.9. The summed E-state index contributed by atoms with van der Waals surface area (Å²) in [6, 6.07) is 11.9. The molecule has 1 heterocycles. The van der Waals surface area contributed by atoms with Crippen molar-refractivity contribution in [3.8, 4) is 11.1 Å². The van der Waals surface area contributed by atoms with Crippen molar-refractivity contribution in [2.24, 2.45) is 5.73 Å². The van der Waals surface area contributed by atoms with E-state index in [-0.39, 0.29) is 11.5 Å². The van der Waals surface area contributed by atoms with Crippen molar-refractivity contribution >= 4 is 12.0 Å². The number of hydrogen-bond donors (Lipinski definition) is 5. The van der Waals surface area contributed by atoms with Gasteiger partial charge in [0.25, 0.3) is 5.56 Å². The standard InChI is InChI=1S/C23H27FN6O2/c1-15-3-5-16(6-4-15)12-28-23(32)30-22-27-14-19(21(31)29-22)17-7-8-18(20(24)11-17)13-26-10-2-9-25/h3-8,11,14,26H,2,9-10,12-13,25H2,1H3,(H3,27,28,29,30,31,32). The van der Waals surface area contributed by atoms with Crippen molar-refractivity contribution in [2.45, 2.75) is 26.4 Å². The molecule has 168 valence electrons. The molecular formula is C23H27FN6O2. The van der Waals surface area contributed by atoms with Crippen LogP contribution in [0.1, 0.15) is 23.1 Å². The molecule has 2 amide bonds. The first-order valence-corrected chi connectivity index (χ1v) is 10.4. The lowest BCUT2D eigenvalue weighted by molar-refractivity contribution is 0.251. The number of anilines is 1. The molecule has 3 aromatic rings. The SMILES string of the molecule is Cc1ccc(CNC(=O)Nc2nc(=O)c(-c3ccc(CNCCCN)c(F)c3)c[nH]2)cc1. The third kappa shape index (κ3) is 6.47. The van der Waals surface area contributed by atoms with Crippen molar-refractivity contribution < 1.29 is 9.18 Å². The maximum atomic E-state index is 14.4. The van der Waals surface area contributed by atoms with Crippen LogP contribution in [0.15, 0.2) is 53.5 Å². The lowest BCUT2D eigenvalue weighted by atomic mass is 10.1. The van der Waals surface area contributed by atoms with Crippen LogP contribution >= 0.6 is 0 Å². The van der Waals surface area contributed by atoms with Gasteiger partial charge in [-0.25, -0.2) is 9.18 Å². The van der Waals surface area contributed by atoms with Crippen LogP contribution in [0.2, 0.25) is 0 Å². The highest BCUT2D eigenvalue weighted by Gasteiger charge is 2.11. The molecule has 0 aliphatic carbocycles. The van der Waals surface area contributed by atoms with E-state index in [1.165, 1.54) is 12.3 Å². The fraction of sp³-hybridized carbons (Fsp3) is 0.261. The summed E-state index contributed by atoms with van der Waals surface area (Å²) in [4.78, 5) is 31.1. The summed E-state index contributed by atoms with van der Waals surface area (Å²) in [5, 5.41) is 8.30. The smallest absolute Gasteiger partial charge is 0.321 e. The van der Waals surface area contributed by atoms with Gasteiger partial charge >= 0.3 is 6.03 Å². The number of rotatable bonds is 9. The molecule has 8 nitrogen and oxygen atoms in total. The lowest BCUT2D eigenvalue weighted by Crippen LogP contribution is -2.30. The van der Waals surface area contributed by atoms with E-state index in [4.69, 9.17) is 5.73 Å². The average molecular weight is 439 g/mol. The van der Waals surface area contributed by atoms with E-state index < -0.39 is 17.4 Å². The molecule has 6 N–H and O–H groups in total. The molecule has 2 aromatic carbocycles. The second-order valence-corrected chi connectivity index (χ2v) is 7.39. The number of hydrogen-bond acceptors (Lipinski definition) is 5. The van der Waals surface area contributed by atoms with Gasteiger partial charge in [0.15, 0.2) is 0 Å². The molecule has 3 rings (SSSR count). The van der Waals surface area contributed by atoms with Crippen LogP contribution in [-0.2, 0) is 13.1 Å². The number of carbonyl (C=O) groups is 1. The van der Waals surface area contributed by atoms with E-state index in [2.05, 4.69) is 25.9 Å². The summed E-state index contributed by atoms with van der Waals surface area (Å²) in [5.74, 6) is -0.416. The minimum absolute atomic E-state index is 0.00125. The van der Waals surface area contributed by atoms with Crippen LogP contribution in [0.4, 0.5) is 15.1 Å². The fourth-order valence-corrected chi connectivity index (χ4v) is 3.02. The Morgan fingerprint density at radius 3 is 2.62 bits per heavy atom. The Hall–Kier alpha value is -3.56. The van der Waals surface area contributed by atoms with Crippen molar-refractivity contribution in [2.75, 3.05) is 18.4 Å². The molecule has 0 saturated heterocycles. The quantitative estimate of drug-likeness (QED) is 0.329. The highest BCUT2D eigenvalue weighted by Crippen LogP contribution is 2.19. The van der Waals surface area contributed by atoms with Crippen molar-refractivity contribution in [3.63, 3.8) is 0 Å². The van der Waals surface area contributed by atoms with Crippen LogP contribution in [0.25, 0.3) is 11.1 Å². The lowest BCUT2D eigenvalue weighted by Gasteiger charge is -2.09. The number of aryl methyl sites for hydroxylation is 1. The Kier molecular flexibility index (Phi) is 8.07. The van der Waals surface area contributed by atoms with E-state index in [1.54, 1.807) is 12.1 Å². The number of carbonyl (C=O) groups excluding carboxylic acids is 1. The number of H-pyrrole nitrogens is 1. The summed E-state index contributed by atoms with van der Waals surface area (Å²) in [6.07, 6.45) is 2.21. The zero-order valence-electron chi connectivity index (χ0n) is 17.9. The van der Waals surface area contributed by atoms with Crippen LogP contribution < -0.4 is 27.2 Å². The number of nitrogens with zero attached hydrogens (tertiary/aromatic N) is 1. The summed E-state index contributed by atoms with van der Waals surface area (Å²) in [6.45, 7) is 3.97. The Morgan fingerprint density at radius 1 is 1.16 bits per heavy atom. The Morgan fingerprint density at radius 2 is 1.94 bits per heavy atom. The van der Waals surface area contributed by atoms with E-state index in [0.29, 0.717) is 37.3 Å². The van der Waals surface area contributed by atoms with Crippen LogP contribution in [-0.4, -0.2) is 29.1 Å². The maximum Gasteiger partial charge on any atom is 0.321 e. The highest BCUT2D eigenvalue weighted by molar-refractivity contribution is 5.87. The summed E-state index contributed by atoms with van der Waals surface area (Å²) >= 11 is 0. The Balaban J connectivity index is 1.60. The van der Waals surface area contributed by atoms with Gasteiger partial charge in [-0.1, -0.05) is 42.0 Å². The third-order valence-corrected chi connectivity index (χ3v) is 4.84. The number of aromatic amines is 1. The first-order valence-electron chi connectivity index (χ1n) is 10.4. The molecule has 0 unspecified atom stereocenters. The summed E-state index contributed by atoms with van der Waals surface area (Å²) in [7, 11) is 0. The number of aromatic nitrogens is 2. The predicted octanol–water partition coefficient (Wildman–Crippen LogP) is 2.64. The van der Waals surface area contributed by atoms with Gasteiger partial charge in [-0.3, -0.25) is 10.1 Å². The molecule has 0 bridgehead atoms. The highest BCUT2D eigenvalue weighted by atomic mass is 19.1. The van der Waals surface area contributed by atoms with Crippen molar-refractivity contribution in [3.05, 3.63) is 81.5 Å². The largest absolute Gasteiger partial charge is 0.334 e. The van der Waals surface area contributed by atoms with E-state index in [1.807, 2.05) is 31.2 Å². The predicted molar refractivity (Wildman–Crippen MR) is 123 cm³/mol. The van der Waals surface area contributed by atoms with Crippen LogP contribution in [0.3, 0.4) is 0 Å². The van der Waals surface area contributed by atoms with Gasteiger partial charge in [-0.15, -0.1) is 0 Å². The molecule has 0 saturated carbocycles. The minimum atomic E-state index is -0.578. The number of urea groups is 1. The van der Waals surface area contributed by atoms with Gasteiger partial charge in [0.2, 0.25) is 5.95 Å². The van der Waals surface area contributed by atoms with Gasteiger partial charge < -0.3 is 21.4 Å². The summed E-state index contributed by atoms with van der Waals surface area (Å²) in [5.41, 5.74) is 8.04. The summed E-state index contributed by atoms with van der Waals surface area (Å²) < 4.78 is 14.4. The molecule has 0 aliphatic heterocycles. The third-order valence-electron chi connectivity index (χ3n) is 4.84. The molecule has 1 aromatic heterocycles. The van der Waals surface area contributed by atoms with Crippen molar-refractivity contribution in [1.29, 1.82) is 0 Å². The maximum absolute atomic E-state index is 14.4. The first-order chi connectivity index (χ1) is 15.5. The van der Waals surface area contributed by atoms with Crippen LogP contribution in [0.5, 0.6) is 0 Å². The number of halogens is 1. The Bertz CT molecular complexity index is 1110. The second kappa shape index (κ2) is 11.2. The average Bonchev–Trinajstić information content (AvgIpc) is 2.77. The molecule has 0 radical (unpaired) electrons.